The van der Waals surface area contributed by atoms with E-state index in [1.165, 1.54) is 4.88 Å². The molecule has 0 radical (unpaired) electrons. The summed E-state index contributed by atoms with van der Waals surface area (Å²) < 4.78 is 0. The number of nitrogens with one attached hydrogen (secondary N) is 2. The van der Waals surface area contributed by atoms with Gasteiger partial charge in [-0.2, -0.15) is 0 Å². The Hall–Kier alpha value is -0.740. The van der Waals surface area contributed by atoms with Gasteiger partial charge in [-0.05, 0) is 19.8 Å². The smallest absolute Gasteiger partial charge is 0.191 e. The second kappa shape index (κ2) is 11.0. The zero-order valence-electron chi connectivity index (χ0n) is 14.6. The molecule has 8 heteroatoms. The number of thiazole rings is 2. The van der Waals surface area contributed by atoms with Crippen LogP contribution in [0.5, 0.6) is 0 Å². The SMILES string of the molecule is CCNC(=NCc1nc(C(C)C)cs1)NCCc1ncc(C)s1.I. The van der Waals surface area contributed by atoms with E-state index >= 15 is 0 Å². The lowest BCUT2D eigenvalue weighted by atomic mass is 10.2. The van der Waals surface area contributed by atoms with E-state index in [1.54, 1.807) is 22.7 Å². The van der Waals surface area contributed by atoms with Gasteiger partial charge in [0.05, 0.1) is 17.2 Å². The van der Waals surface area contributed by atoms with Crippen molar-refractivity contribution in [2.24, 2.45) is 4.99 Å². The third-order valence-electron chi connectivity index (χ3n) is 3.18. The van der Waals surface area contributed by atoms with Gasteiger partial charge in [-0.1, -0.05) is 13.8 Å². The Morgan fingerprint density at radius 2 is 2.08 bits per heavy atom. The molecule has 2 heterocycles. The Morgan fingerprint density at radius 3 is 2.67 bits per heavy atom. The summed E-state index contributed by atoms with van der Waals surface area (Å²) in [6, 6.07) is 0. The normalized spacial score (nSPS) is 11.5. The van der Waals surface area contributed by atoms with Gasteiger partial charge in [-0.3, -0.25) is 0 Å². The number of aromatic nitrogens is 2. The lowest BCUT2D eigenvalue weighted by molar-refractivity contribution is 0.791. The first-order chi connectivity index (χ1) is 11.1. The second-order valence-electron chi connectivity index (χ2n) is 5.56. The number of hydrogen-bond acceptors (Lipinski definition) is 5. The van der Waals surface area contributed by atoms with Gasteiger partial charge in [0.1, 0.15) is 5.01 Å². The molecule has 0 aliphatic carbocycles. The van der Waals surface area contributed by atoms with Crippen LogP contribution in [0.1, 0.15) is 47.3 Å². The molecule has 24 heavy (non-hydrogen) atoms. The van der Waals surface area contributed by atoms with E-state index < -0.39 is 0 Å². The minimum absolute atomic E-state index is 0. The zero-order chi connectivity index (χ0) is 16.7. The molecule has 2 N–H and O–H groups in total. The summed E-state index contributed by atoms with van der Waals surface area (Å²) in [6.07, 6.45) is 2.84. The molecule has 0 amide bonds. The number of aryl methyl sites for hydroxylation is 1. The number of nitrogens with zero attached hydrogens (tertiary/aromatic N) is 3. The molecule has 0 aromatic carbocycles. The van der Waals surface area contributed by atoms with Crippen LogP contribution in [0.25, 0.3) is 0 Å². The van der Waals surface area contributed by atoms with Crippen molar-refractivity contribution in [1.29, 1.82) is 0 Å². The van der Waals surface area contributed by atoms with E-state index in [9.17, 15) is 0 Å². The van der Waals surface area contributed by atoms with Crippen LogP contribution in [0.4, 0.5) is 0 Å². The van der Waals surface area contributed by atoms with Crippen molar-refractivity contribution in [1.82, 2.24) is 20.6 Å². The van der Waals surface area contributed by atoms with E-state index in [4.69, 9.17) is 0 Å². The predicted molar refractivity (Wildman–Crippen MR) is 115 cm³/mol. The van der Waals surface area contributed by atoms with E-state index in [0.29, 0.717) is 12.5 Å². The summed E-state index contributed by atoms with van der Waals surface area (Å²) >= 11 is 3.43. The van der Waals surface area contributed by atoms with E-state index in [0.717, 1.165) is 41.2 Å². The molecule has 0 atom stereocenters. The Bertz CT molecular complexity index is 636. The standard InChI is InChI=1S/C16H25N5S2.HI/c1-5-17-16(18-7-6-14-19-8-12(4)23-14)20-9-15-21-13(10-22-15)11(2)3;/h8,10-11H,5-7,9H2,1-4H3,(H2,17,18,20);1H. The molecular formula is C16H26IN5S2. The zero-order valence-corrected chi connectivity index (χ0v) is 18.6. The van der Waals surface area contributed by atoms with Crippen LogP contribution in [-0.2, 0) is 13.0 Å². The largest absolute Gasteiger partial charge is 0.357 e. The van der Waals surface area contributed by atoms with E-state index in [1.807, 2.05) is 6.20 Å². The molecule has 0 bridgehead atoms. The van der Waals surface area contributed by atoms with Crippen LogP contribution in [0, 0.1) is 6.92 Å². The molecule has 134 valence electrons. The van der Waals surface area contributed by atoms with Crippen molar-refractivity contribution >= 4 is 52.6 Å². The number of rotatable bonds is 7. The Morgan fingerprint density at radius 1 is 1.29 bits per heavy atom. The second-order valence-corrected chi connectivity index (χ2v) is 7.82. The van der Waals surface area contributed by atoms with Crippen LogP contribution in [-0.4, -0.2) is 29.0 Å². The van der Waals surface area contributed by atoms with Crippen LogP contribution < -0.4 is 10.6 Å². The highest BCUT2D eigenvalue weighted by Crippen LogP contribution is 2.18. The monoisotopic (exact) mass is 479 g/mol. The fraction of sp³-hybridized carbons (Fsp3) is 0.562. The molecule has 0 fully saturated rings. The Kier molecular flexibility index (Phi) is 9.75. The van der Waals surface area contributed by atoms with Crippen molar-refractivity contribution in [3.63, 3.8) is 0 Å². The summed E-state index contributed by atoms with van der Waals surface area (Å²) in [7, 11) is 0. The summed E-state index contributed by atoms with van der Waals surface area (Å²) in [6.45, 7) is 10.8. The maximum absolute atomic E-state index is 4.62. The first kappa shape index (κ1) is 21.3. The molecule has 0 saturated carbocycles. The molecule has 0 aliphatic rings. The highest BCUT2D eigenvalue weighted by molar-refractivity contribution is 14.0. The Balaban J connectivity index is 0.00000288. The molecule has 0 saturated heterocycles. The molecule has 5 nitrogen and oxygen atoms in total. The summed E-state index contributed by atoms with van der Waals surface area (Å²) in [4.78, 5) is 14.9. The van der Waals surface area contributed by atoms with Crippen LogP contribution in [0.2, 0.25) is 0 Å². The average Bonchev–Trinajstić information content (AvgIpc) is 3.14. The van der Waals surface area contributed by atoms with Gasteiger partial charge >= 0.3 is 0 Å². The molecule has 2 aromatic heterocycles. The van der Waals surface area contributed by atoms with Crippen molar-refractivity contribution in [3.8, 4) is 0 Å². The summed E-state index contributed by atoms with van der Waals surface area (Å²) in [5.74, 6) is 1.30. The molecule has 0 aliphatic heterocycles. The number of guanidine groups is 1. The van der Waals surface area contributed by atoms with Crippen LogP contribution in [0.3, 0.4) is 0 Å². The van der Waals surface area contributed by atoms with Crippen LogP contribution >= 0.6 is 46.7 Å². The van der Waals surface area contributed by atoms with Gasteiger partial charge in [-0.25, -0.2) is 15.0 Å². The van der Waals surface area contributed by atoms with E-state index in [2.05, 4.69) is 58.7 Å². The highest BCUT2D eigenvalue weighted by atomic mass is 127. The fourth-order valence-corrected chi connectivity index (χ4v) is 3.62. The molecule has 0 spiro atoms. The predicted octanol–water partition coefficient (Wildman–Crippen LogP) is 3.95. The van der Waals surface area contributed by atoms with Gasteiger partial charge in [0.2, 0.25) is 0 Å². The number of hydrogen-bond donors (Lipinski definition) is 2. The van der Waals surface area contributed by atoms with Gasteiger partial charge in [0.25, 0.3) is 0 Å². The number of halogens is 1. The van der Waals surface area contributed by atoms with Crippen molar-refractivity contribution in [2.75, 3.05) is 13.1 Å². The third kappa shape index (κ3) is 7.02. The van der Waals surface area contributed by atoms with Gasteiger partial charge in [0.15, 0.2) is 5.96 Å². The lowest BCUT2D eigenvalue weighted by Crippen LogP contribution is -2.38. The summed E-state index contributed by atoms with van der Waals surface area (Å²) in [5, 5.41) is 11.0. The third-order valence-corrected chi connectivity index (χ3v) is 5.00. The highest BCUT2D eigenvalue weighted by Gasteiger charge is 2.06. The van der Waals surface area contributed by atoms with Crippen LogP contribution in [0.15, 0.2) is 16.6 Å². The lowest BCUT2D eigenvalue weighted by Gasteiger charge is -2.10. The Labute approximate surface area is 169 Å². The van der Waals surface area contributed by atoms with Crippen molar-refractivity contribution in [3.05, 3.63) is 32.2 Å². The molecule has 0 unspecified atom stereocenters. The topological polar surface area (TPSA) is 62.2 Å². The maximum Gasteiger partial charge on any atom is 0.191 e. The molecular weight excluding hydrogens is 453 g/mol. The number of aliphatic imine (C=N–C) groups is 1. The molecule has 2 rings (SSSR count). The van der Waals surface area contributed by atoms with Crippen molar-refractivity contribution in [2.45, 2.75) is 46.6 Å². The molecule has 2 aromatic rings. The van der Waals surface area contributed by atoms with Gasteiger partial charge in [-0.15, -0.1) is 46.7 Å². The fourth-order valence-electron chi connectivity index (χ4n) is 1.96. The quantitative estimate of drug-likeness (QED) is 0.359. The minimum Gasteiger partial charge on any atom is -0.357 e. The minimum atomic E-state index is 0. The summed E-state index contributed by atoms with van der Waals surface area (Å²) in [5.41, 5.74) is 1.15. The van der Waals surface area contributed by atoms with Gasteiger partial charge < -0.3 is 10.6 Å². The van der Waals surface area contributed by atoms with Crippen molar-refractivity contribution < 1.29 is 0 Å². The maximum atomic E-state index is 4.62. The van der Waals surface area contributed by atoms with E-state index in [-0.39, 0.29) is 24.0 Å². The van der Waals surface area contributed by atoms with Gasteiger partial charge in [0, 0.05) is 36.0 Å². The first-order valence-corrected chi connectivity index (χ1v) is 9.66. The average molecular weight is 479 g/mol. The first-order valence-electron chi connectivity index (χ1n) is 7.96.